The number of ether oxygens (including phenoxy) is 2. The van der Waals surface area contributed by atoms with E-state index >= 15 is 0 Å². The third-order valence-corrected chi connectivity index (χ3v) is 5.35. The summed E-state index contributed by atoms with van der Waals surface area (Å²) in [5.41, 5.74) is -1.33. The fourth-order valence-electron chi connectivity index (χ4n) is 3.15. The lowest BCUT2D eigenvalue weighted by atomic mass is 9.91. The summed E-state index contributed by atoms with van der Waals surface area (Å²) in [6.07, 6.45) is 0. The highest BCUT2D eigenvalue weighted by atomic mass is 79.9. The number of imide groups is 1. The first-order valence-electron chi connectivity index (χ1n) is 7.97. The summed E-state index contributed by atoms with van der Waals surface area (Å²) in [6.45, 7) is 1.36. The molecule has 0 bridgehead atoms. The van der Waals surface area contributed by atoms with Crippen LogP contribution in [0, 0.1) is 11.6 Å². The second kappa shape index (κ2) is 6.19. The molecule has 0 saturated carbocycles. The number of carbonyl (C=O) groups excluding carboxylic acids is 2. The summed E-state index contributed by atoms with van der Waals surface area (Å²) in [7, 11) is 0. The molecule has 9 heteroatoms. The van der Waals surface area contributed by atoms with Gasteiger partial charge in [0.1, 0.15) is 17.2 Å². The van der Waals surface area contributed by atoms with E-state index < -0.39 is 29.1 Å². The summed E-state index contributed by atoms with van der Waals surface area (Å²) >= 11 is 3.38. The van der Waals surface area contributed by atoms with Crippen molar-refractivity contribution in [1.82, 2.24) is 10.2 Å². The number of carbonyl (C=O) groups is 2. The SMILES string of the molecule is CC1(c2cc(F)ccc2F)NC(=O)N(Cc2cc3c(cc2Br)OCO3)C1=O. The number of benzene rings is 2. The summed E-state index contributed by atoms with van der Waals surface area (Å²) in [4.78, 5) is 26.3. The van der Waals surface area contributed by atoms with Gasteiger partial charge in [-0.05, 0) is 42.8 Å². The van der Waals surface area contributed by atoms with E-state index in [0.717, 1.165) is 23.1 Å². The molecule has 2 aromatic rings. The standard InChI is InChI=1S/C18H13BrF2N2O4/c1-18(11-5-10(20)2-3-13(11)21)16(24)23(17(25)22-18)7-9-4-14-15(6-12(9)19)27-8-26-14/h2-6H,7-8H2,1H3,(H,22,25). The van der Waals surface area contributed by atoms with Crippen LogP contribution in [0.25, 0.3) is 0 Å². The Morgan fingerprint density at radius 2 is 1.89 bits per heavy atom. The number of hydrogen-bond donors (Lipinski definition) is 1. The minimum atomic E-state index is -1.70. The maximum absolute atomic E-state index is 14.2. The molecule has 0 radical (unpaired) electrons. The molecule has 0 spiro atoms. The third-order valence-electron chi connectivity index (χ3n) is 4.61. The molecule has 0 aromatic heterocycles. The fourth-order valence-corrected chi connectivity index (χ4v) is 3.60. The Labute approximate surface area is 161 Å². The minimum Gasteiger partial charge on any atom is -0.454 e. The topological polar surface area (TPSA) is 67.9 Å². The first-order chi connectivity index (χ1) is 12.8. The van der Waals surface area contributed by atoms with Crippen molar-refractivity contribution in [3.8, 4) is 11.5 Å². The van der Waals surface area contributed by atoms with E-state index in [1.807, 2.05) is 0 Å². The zero-order chi connectivity index (χ0) is 19.3. The van der Waals surface area contributed by atoms with Gasteiger partial charge in [0.05, 0.1) is 6.54 Å². The molecule has 27 heavy (non-hydrogen) atoms. The van der Waals surface area contributed by atoms with Crippen molar-refractivity contribution >= 4 is 27.9 Å². The van der Waals surface area contributed by atoms with Gasteiger partial charge in [0.25, 0.3) is 5.91 Å². The van der Waals surface area contributed by atoms with Crippen LogP contribution in [0.15, 0.2) is 34.8 Å². The summed E-state index contributed by atoms with van der Waals surface area (Å²) in [5.74, 6) is -1.11. The van der Waals surface area contributed by atoms with E-state index in [2.05, 4.69) is 21.2 Å². The van der Waals surface area contributed by atoms with Crippen molar-refractivity contribution in [3.05, 3.63) is 57.6 Å². The van der Waals surface area contributed by atoms with E-state index in [4.69, 9.17) is 9.47 Å². The Morgan fingerprint density at radius 3 is 2.63 bits per heavy atom. The third kappa shape index (κ3) is 2.82. The molecule has 1 fully saturated rings. The van der Waals surface area contributed by atoms with Crippen molar-refractivity contribution in [1.29, 1.82) is 0 Å². The normalized spacial score (nSPS) is 21.0. The van der Waals surface area contributed by atoms with Gasteiger partial charge < -0.3 is 14.8 Å². The van der Waals surface area contributed by atoms with Crippen molar-refractivity contribution in [2.75, 3.05) is 6.79 Å². The highest BCUT2D eigenvalue weighted by Crippen LogP contribution is 2.38. The van der Waals surface area contributed by atoms with Gasteiger partial charge in [-0.2, -0.15) is 0 Å². The Kier molecular flexibility index (Phi) is 4.06. The fraction of sp³-hybridized carbons (Fsp3) is 0.222. The molecule has 2 aromatic carbocycles. The number of nitrogens with zero attached hydrogens (tertiary/aromatic N) is 1. The average Bonchev–Trinajstić information content (AvgIpc) is 3.15. The Balaban J connectivity index is 1.67. The highest BCUT2D eigenvalue weighted by molar-refractivity contribution is 9.10. The van der Waals surface area contributed by atoms with Gasteiger partial charge >= 0.3 is 6.03 Å². The molecule has 1 unspecified atom stereocenters. The molecule has 2 aliphatic rings. The van der Waals surface area contributed by atoms with Gasteiger partial charge in [-0.3, -0.25) is 9.69 Å². The minimum absolute atomic E-state index is 0.0750. The van der Waals surface area contributed by atoms with E-state index in [1.165, 1.54) is 6.92 Å². The number of nitrogens with one attached hydrogen (secondary N) is 1. The first-order valence-corrected chi connectivity index (χ1v) is 8.76. The molecule has 2 heterocycles. The van der Waals surface area contributed by atoms with Crippen molar-refractivity contribution in [2.45, 2.75) is 19.0 Å². The molecule has 1 atom stereocenters. The monoisotopic (exact) mass is 438 g/mol. The maximum Gasteiger partial charge on any atom is 0.325 e. The zero-order valence-corrected chi connectivity index (χ0v) is 15.6. The Morgan fingerprint density at radius 1 is 1.19 bits per heavy atom. The van der Waals surface area contributed by atoms with Crippen LogP contribution in [0.3, 0.4) is 0 Å². The van der Waals surface area contributed by atoms with Crippen molar-refractivity contribution in [3.63, 3.8) is 0 Å². The van der Waals surface area contributed by atoms with Crippen LogP contribution in [0.1, 0.15) is 18.1 Å². The van der Waals surface area contributed by atoms with Gasteiger partial charge in [0.2, 0.25) is 6.79 Å². The molecule has 140 valence electrons. The number of urea groups is 1. The summed E-state index contributed by atoms with van der Waals surface area (Å²) in [6, 6.07) is 5.42. The molecular weight excluding hydrogens is 426 g/mol. The lowest BCUT2D eigenvalue weighted by Crippen LogP contribution is -2.41. The van der Waals surface area contributed by atoms with Gasteiger partial charge in [-0.1, -0.05) is 15.9 Å². The average molecular weight is 439 g/mol. The lowest BCUT2D eigenvalue weighted by Gasteiger charge is -2.23. The quantitative estimate of drug-likeness (QED) is 0.745. The number of rotatable bonds is 3. The van der Waals surface area contributed by atoms with Crippen LogP contribution in [0.2, 0.25) is 0 Å². The number of fused-ring (bicyclic) bond motifs is 1. The van der Waals surface area contributed by atoms with Gasteiger partial charge in [0, 0.05) is 10.0 Å². The molecule has 4 rings (SSSR count). The Bertz CT molecular complexity index is 984. The van der Waals surface area contributed by atoms with Crippen LogP contribution >= 0.6 is 15.9 Å². The Hall–Kier alpha value is -2.68. The van der Waals surface area contributed by atoms with E-state index in [0.29, 0.717) is 21.5 Å². The van der Waals surface area contributed by atoms with Crippen LogP contribution in [-0.4, -0.2) is 23.6 Å². The van der Waals surface area contributed by atoms with Crippen LogP contribution in [0.5, 0.6) is 11.5 Å². The maximum atomic E-state index is 14.2. The second-order valence-corrected chi connectivity index (χ2v) is 7.22. The predicted octanol–water partition coefficient (Wildman–Crippen LogP) is 3.42. The van der Waals surface area contributed by atoms with Crippen molar-refractivity contribution in [2.24, 2.45) is 0 Å². The molecular formula is C18H13BrF2N2O4. The number of halogens is 3. The predicted molar refractivity (Wildman–Crippen MR) is 93.1 cm³/mol. The number of hydrogen-bond acceptors (Lipinski definition) is 4. The molecule has 3 amide bonds. The molecule has 6 nitrogen and oxygen atoms in total. The first kappa shape index (κ1) is 17.7. The lowest BCUT2D eigenvalue weighted by molar-refractivity contribution is -0.131. The van der Waals surface area contributed by atoms with Gasteiger partial charge in [0.15, 0.2) is 11.5 Å². The largest absolute Gasteiger partial charge is 0.454 e. The summed E-state index contributed by atoms with van der Waals surface area (Å²) < 4.78 is 39.0. The van der Waals surface area contributed by atoms with Gasteiger partial charge in [-0.15, -0.1) is 0 Å². The summed E-state index contributed by atoms with van der Waals surface area (Å²) in [5, 5.41) is 2.47. The molecule has 2 aliphatic heterocycles. The molecule has 0 aliphatic carbocycles. The smallest absolute Gasteiger partial charge is 0.325 e. The van der Waals surface area contributed by atoms with Crippen molar-refractivity contribution < 1.29 is 27.8 Å². The van der Waals surface area contributed by atoms with Gasteiger partial charge in [-0.25, -0.2) is 13.6 Å². The van der Waals surface area contributed by atoms with Crippen LogP contribution in [-0.2, 0) is 16.9 Å². The van der Waals surface area contributed by atoms with Crippen LogP contribution < -0.4 is 14.8 Å². The number of amides is 3. The van der Waals surface area contributed by atoms with E-state index in [1.54, 1.807) is 12.1 Å². The molecule has 1 N–H and O–H groups in total. The van der Waals surface area contributed by atoms with E-state index in [-0.39, 0.29) is 18.9 Å². The highest BCUT2D eigenvalue weighted by Gasteiger charge is 2.50. The van der Waals surface area contributed by atoms with Crippen LogP contribution in [0.4, 0.5) is 13.6 Å². The molecule has 1 saturated heterocycles. The second-order valence-electron chi connectivity index (χ2n) is 6.37. The zero-order valence-electron chi connectivity index (χ0n) is 14.0. The van der Waals surface area contributed by atoms with E-state index in [9.17, 15) is 18.4 Å².